The fourth-order valence-corrected chi connectivity index (χ4v) is 1.70. The maximum absolute atomic E-state index is 12.0. The van der Waals surface area contributed by atoms with Gasteiger partial charge >= 0.3 is 0 Å². The molecule has 0 aliphatic carbocycles. The summed E-state index contributed by atoms with van der Waals surface area (Å²) in [5.74, 6) is 0.122. The fraction of sp³-hybridized carbons (Fsp3) is 0.500. The predicted molar refractivity (Wildman–Crippen MR) is 76.9 cm³/mol. The zero-order valence-corrected chi connectivity index (χ0v) is 12.4. The van der Waals surface area contributed by atoms with E-state index in [0.717, 1.165) is 0 Å². The second kappa shape index (κ2) is 7.47. The number of halogens is 1. The first-order valence-electron chi connectivity index (χ1n) is 6.42. The van der Waals surface area contributed by atoms with E-state index >= 15 is 0 Å². The molecule has 5 nitrogen and oxygen atoms in total. The minimum atomic E-state index is -1.02. The molecule has 20 heavy (non-hydrogen) atoms. The zero-order chi connectivity index (χ0) is 15.2. The van der Waals surface area contributed by atoms with Gasteiger partial charge in [-0.05, 0) is 37.6 Å². The molecule has 1 atom stereocenters. The first-order chi connectivity index (χ1) is 9.46. The number of nitrogens with one attached hydrogen (secondary N) is 1. The Morgan fingerprint density at radius 1 is 1.35 bits per heavy atom. The van der Waals surface area contributed by atoms with E-state index in [4.69, 9.17) is 16.3 Å². The molecule has 0 heterocycles. The van der Waals surface area contributed by atoms with Crippen LogP contribution < -0.4 is 10.1 Å². The van der Waals surface area contributed by atoms with Crippen LogP contribution in [0, 0.1) is 0 Å². The van der Waals surface area contributed by atoms with E-state index in [2.05, 4.69) is 5.32 Å². The SMILES string of the molecule is CCC(CO)(CO)NC(=O)C(C)Oc1ccc(Cl)cc1. The smallest absolute Gasteiger partial charge is 0.261 e. The van der Waals surface area contributed by atoms with Crippen LogP contribution in [0.1, 0.15) is 20.3 Å². The van der Waals surface area contributed by atoms with Gasteiger partial charge in [0.25, 0.3) is 5.91 Å². The van der Waals surface area contributed by atoms with Crippen LogP contribution >= 0.6 is 11.6 Å². The predicted octanol–water partition coefficient (Wildman–Crippen LogP) is 1.36. The molecule has 0 aromatic heterocycles. The van der Waals surface area contributed by atoms with Crippen LogP contribution in [-0.4, -0.2) is 41.0 Å². The van der Waals surface area contributed by atoms with Crippen molar-refractivity contribution in [1.29, 1.82) is 0 Å². The molecule has 0 aliphatic heterocycles. The first-order valence-corrected chi connectivity index (χ1v) is 6.80. The number of rotatable bonds is 7. The molecule has 0 saturated carbocycles. The highest BCUT2D eigenvalue weighted by Crippen LogP contribution is 2.17. The van der Waals surface area contributed by atoms with E-state index in [0.29, 0.717) is 17.2 Å². The maximum atomic E-state index is 12.0. The maximum Gasteiger partial charge on any atom is 0.261 e. The number of ether oxygens (including phenoxy) is 1. The summed E-state index contributed by atoms with van der Waals surface area (Å²) in [6, 6.07) is 6.66. The normalized spacial score (nSPS) is 12.8. The van der Waals surface area contributed by atoms with Gasteiger partial charge in [0.2, 0.25) is 0 Å². The van der Waals surface area contributed by atoms with Crippen LogP contribution in [0.4, 0.5) is 0 Å². The number of hydrogen-bond acceptors (Lipinski definition) is 4. The molecule has 112 valence electrons. The fourth-order valence-electron chi connectivity index (χ4n) is 1.57. The Bertz CT molecular complexity index is 423. The van der Waals surface area contributed by atoms with Crippen molar-refractivity contribution in [3.8, 4) is 5.75 Å². The van der Waals surface area contributed by atoms with Crippen LogP contribution in [0.3, 0.4) is 0 Å². The molecule has 0 spiro atoms. The summed E-state index contributed by atoms with van der Waals surface area (Å²) in [6.07, 6.45) is -0.334. The Morgan fingerprint density at radius 3 is 2.35 bits per heavy atom. The second-order valence-corrected chi connectivity index (χ2v) is 5.09. The minimum absolute atomic E-state index is 0.334. The summed E-state index contributed by atoms with van der Waals surface area (Å²) < 4.78 is 5.48. The molecule has 1 amide bonds. The lowest BCUT2D eigenvalue weighted by molar-refractivity contribution is -0.130. The summed E-state index contributed by atoms with van der Waals surface area (Å²) in [5.41, 5.74) is -1.02. The lowest BCUT2D eigenvalue weighted by Gasteiger charge is -2.31. The summed E-state index contributed by atoms with van der Waals surface area (Å²) in [4.78, 5) is 12.0. The second-order valence-electron chi connectivity index (χ2n) is 4.65. The molecular weight excluding hydrogens is 282 g/mol. The monoisotopic (exact) mass is 301 g/mol. The number of aliphatic hydroxyl groups is 2. The Kier molecular flexibility index (Phi) is 6.26. The number of benzene rings is 1. The molecule has 1 rings (SSSR count). The summed E-state index contributed by atoms with van der Waals surface area (Å²) in [6.45, 7) is 2.70. The molecule has 6 heteroatoms. The Balaban J connectivity index is 2.65. The number of carbonyl (C=O) groups excluding carboxylic acids is 1. The van der Waals surface area contributed by atoms with E-state index in [1.807, 2.05) is 0 Å². The van der Waals surface area contributed by atoms with Gasteiger partial charge in [0.15, 0.2) is 6.10 Å². The van der Waals surface area contributed by atoms with Crippen LogP contribution in [0.15, 0.2) is 24.3 Å². The molecular formula is C14H20ClNO4. The van der Waals surface area contributed by atoms with Crippen LogP contribution in [0.25, 0.3) is 0 Å². The van der Waals surface area contributed by atoms with Crippen molar-refractivity contribution in [3.05, 3.63) is 29.3 Å². The van der Waals surface area contributed by atoms with Crippen molar-refractivity contribution in [1.82, 2.24) is 5.32 Å². The van der Waals surface area contributed by atoms with Gasteiger partial charge in [0, 0.05) is 5.02 Å². The third-order valence-corrected chi connectivity index (χ3v) is 3.42. The number of carbonyl (C=O) groups is 1. The van der Waals surface area contributed by atoms with Crippen molar-refractivity contribution in [2.75, 3.05) is 13.2 Å². The molecule has 0 saturated heterocycles. The molecule has 1 aromatic carbocycles. The van der Waals surface area contributed by atoms with Gasteiger partial charge in [-0.3, -0.25) is 4.79 Å². The average molecular weight is 302 g/mol. The lowest BCUT2D eigenvalue weighted by atomic mass is 9.98. The van der Waals surface area contributed by atoms with E-state index in [1.165, 1.54) is 0 Å². The zero-order valence-electron chi connectivity index (χ0n) is 11.6. The third kappa shape index (κ3) is 4.37. The molecule has 1 aromatic rings. The molecule has 0 fully saturated rings. The quantitative estimate of drug-likeness (QED) is 0.710. The van der Waals surface area contributed by atoms with Crippen molar-refractivity contribution in [3.63, 3.8) is 0 Å². The highest BCUT2D eigenvalue weighted by Gasteiger charge is 2.30. The van der Waals surface area contributed by atoms with Crippen molar-refractivity contribution < 1.29 is 19.7 Å². The van der Waals surface area contributed by atoms with Gasteiger partial charge < -0.3 is 20.3 Å². The topological polar surface area (TPSA) is 78.8 Å². The van der Waals surface area contributed by atoms with Crippen molar-refractivity contribution in [2.24, 2.45) is 0 Å². The van der Waals surface area contributed by atoms with E-state index in [9.17, 15) is 15.0 Å². The largest absolute Gasteiger partial charge is 0.481 e. The molecule has 1 unspecified atom stereocenters. The molecule has 0 radical (unpaired) electrons. The summed E-state index contributed by atoms with van der Waals surface area (Å²) in [7, 11) is 0. The van der Waals surface area contributed by atoms with Crippen LogP contribution in [0.2, 0.25) is 5.02 Å². The Hall–Kier alpha value is -1.30. The highest BCUT2D eigenvalue weighted by atomic mass is 35.5. The number of aliphatic hydroxyl groups excluding tert-OH is 2. The highest BCUT2D eigenvalue weighted by molar-refractivity contribution is 6.30. The van der Waals surface area contributed by atoms with Gasteiger partial charge in [0.1, 0.15) is 5.75 Å². The van der Waals surface area contributed by atoms with Crippen LogP contribution in [0.5, 0.6) is 5.75 Å². The number of hydrogen-bond donors (Lipinski definition) is 3. The summed E-state index contributed by atoms with van der Waals surface area (Å²) >= 11 is 5.76. The van der Waals surface area contributed by atoms with Gasteiger partial charge in [-0.1, -0.05) is 18.5 Å². The van der Waals surface area contributed by atoms with E-state index in [-0.39, 0.29) is 13.2 Å². The molecule has 0 aliphatic rings. The Labute approximate surface area is 123 Å². The third-order valence-electron chi connectivity index (χ3n) is 3.17. The van der Waals surface area contributed by atoms with Gasteiger partial charge in [-0.25, -0.2) is 0 Å². The van der Waals surface area contributed by atoms with E-state index < -0.39 is 17.6 Å². The molecule has 3 N–H and O–H groups in total. The Morgan fingerprint density at radius 2 is 1.90 bits per heavy atom. The van der Waals surface area contributed by atoms with Crippen molar-refractivity contribution in [2.45, 2.75) is 31.9 Å². The first kappa shape index (κ1) is 16.8. The molecule has 0 bridgehead atoms. The number of amides is 1. The van der Waals surface area contributed by atoms with Gasteiger partial charge in [-0.15, -0.1) is 0 Å². The summed E-state index contributed by atoms with van der Waals surface area (Å²) in [5, 5.41) is 21.8. The van der Waals surface area contributed by atoms with Gasteiger partial charge in [0.05, 0.1) is 18.8 Å². The van der Waals surface area contributed by atoms with Gasteiger partial charge in [-0.2, -0.15) is 0 Å². The minimum Gasteiger partial charge on any atom is -0.481 e. The van der Waals surface area contributed by atoms with Crippen LogP contribution in [-0.2, 0) is 4.79 Å². The van der Waals surface area contributed by atoms with Crippen molar-refractivity contribution >= 4 is 17.5 Å². The van der Waals surface area contributed by atoms with E-state index in [1.54, 1.807) is 38.1 Å². The standard InChI is InChI=1S/C14H20ClNO4/c1-3-14(8-17,9-18)16-13(19)10(2)20-12-6-4-11(15)5-7-12/h4-7,10,17-18H,3,8-9H2,1-2H3,(H,16,19). The lowest BCUT2D eigenvalue weighted by Crippen LogP contribution is -2.56. The average Bonchev–Trinajstić information content (AvgIpc) is 2.47.